The van der Waals surface area contributed by atoms with Gasteiger partial charge in [0, 0.05) is 28.9 Å². The molecule has 1 amide bonds. The number of carbonyl (C=O) groups is 1. The lowest BCUT2D eigenvalue weighted by atomic mass is 10.2. The summed E-state index contributed by atoms with van der Waals surface area (Å²) in [5, 5.41) is 13.7. The summed E-state index contributed by atoms with van der Waals surface area (Å²) in [5.74, 6) is -0.661. The van der Waals surface area contributed by atoms with Crippen LogP contribution in [0.25, 0.3) is 28.3 Å². The van der Waals surface area contributed by atoms with Gasteiger partial charge in [-0.25, -0.2) is 13.8 Å². The minimum Gasteiger partial charge on any atom is -0.301 e. The van der Waals surface area contributed by atoms with Crippen molar-refractivity contribution in [1.29, 1.82) is 0 Å². The number of thioether (sulfide) groups is 1. The largest absolute Gasteiger partial charge is 0.301 e. The van der Waals surface area contributed by atoms with Crippen LogP contribution in [0.4, 0.5) is 13.9 Å². The van der Waals surface area contributed by atoms with Gasteiger partial charge in [-0.1, -0.05) is 23.9 Å². The van der Waals surface area contributed by atoms with Crippen LogP contribution < -0.4 is 5.32 Å². The van der Waals surface area contributed by atoms with Crippen LogP contribution in [-0.4, -0.2) is 36.4 Å². The fourth-order valence-electron chi connectivity index (χ4n) is 3.27. The SMILES string of the molecule is O=C(CSc1nnc(-c2cccnc2)n1-c1ccccc1F)Nc1nc(-c2ccc(F)cc2)cs1. The summed E-state index contributed by atoms with van der Waals surface area (Å²) in [6.45, 7) is 0. The van der Waals surface area contributed by atoms with E-state index in [-0.39, 0.29) is 23.2 Å². The minimum absolute atomic E-state index is 0.00505. The third-order valence-corrected chi connectivity index (χ3v) is 6.56. The third kappa shape index (κ3) is 5.10. The highest BCUT2D eigenvalue weighted by molar-refractivity contribution is 7.99. The quantitative estimate of drug-likeness (QED) is 0.295. The van der Waals surface area contributed by atoms with Gasteiger partial charge >= 0.3 is 0 Å². The average Bonchev–Trinajstić information content (AvgIpc) is 3.51. The van der Waals surface area contributed by atoms with Crippen molar-refractivity contribution < 1.29 is 13.6 Å². The van der Waals surface area contributed by atoms with E-state index in [1.807, 2.05) is 0 Å². The summed E-state index contributed by atoms with van der Waals surface area (Å²) in [5.41, 5.74) is 2.32. The van der Waals surface area contributed by atoms with E-state index in [1.165, 1.54) is 29.5 Å². The smallest absolute Gasteiger partial charge is 0.236 e. The molecule has 0 saturated carbocycles. The van der Waals surface area contributed by atoms with Gasteiger partial charge in [-0.15, -0.1) is 21.5 Å². The first-order valence-electron chi connectivity index (χ1n) is 10.3. The number of nitrogens with one attached hydrogen (secondary N) is 1. The molecule has 0 spiro atoms. The van der Waals surface area contributed by atoms with Crippen LogP contribution in [0.3, 0.4) is 0 Å². The van der Waals surface area contributed by atoms with Crippen molar-refractivity contribution in [1.82, 2.24) is 24.7 Å². The molecule has 3 aromatic heterocycles. The predicted molar refractivity (Wildman–Crippen MR) is 131 cm³/mol. The van der Waals surface area contributed by atoms with E-state index in [4.69, 9.17) is 0 Å². The molecule has 174 valence electrons. The number of halogens is 2. The molecule has 0 bridgehead atoms. The van der Waals surface area contributed by atoms with E-state index in [2.05, 4.69) is 25.5 Å². The molecule has 0 fully saturated rings. The van der Waals surface area contributed by atoms with Crippen molar-refractivity contribution in [3.05, 3.63) is 90.1 Å². The Kier molecular flexibility index (Phi) is 6.59. The van der Waals surface area contributed by atoms with E-state index < -0.39 is 5.82 Å². The van der Waals surface area contributed by atoms with Crippen LogP contribution in [0.2, 0.25) is 0 Å². The van der Waals surface area contributed by atoms with Gasteiger partial charge in [0.25, 0.3) is 0 Å². The van der Waals surface area contributed by atoms with Crippen LogP contribution in [0.5, 0.6) is 0 Å². The number of anilines is 1. The van der Waals surface area contributed by atoms with Crippen LogP contribution in [0, 0.1) is 11.6 Å². The Morgan fingerprint density at radius 2 is 1.83 bits per heavy atom. The topological polar surface area (TPSA) is 85.6 Å². The van der Waals surface area contributed by atoms with Gasteiger partial charge in [0.1, 0.15) is 11.6 Å². The number of amides is 1. The number of thiazole rings is 1. The Morgan fingerprint density at radius 1 is 1.00 bits per heavy atom. The number of rotatable bonds is 7. The van der Waals surface area contributed by atoms with Gasteiger partial charge in [-0.2, -0.15) is 0 Å². The number of hydrogen-bond acceptors (Lipinski definition) is 7. The normalized spacial score (nSPS) is 10.9. The number of hydrogen-bond donors (Lipinski definition) is 1. The molecule has 0 aliphatic carbocycles. The average molecular weight is 507 g/mol. The molecule has 35 heavy (non-hydrogen) atoms. The number of aromatic nitrogens is 5. The molecule has 5 rings (SSSR count). The van der Waals surface area contributed by atoms with Crippen molar-refractivity contribution >= 4 is 34.1 Å². The van der Waals surface area contributed by atoms with Gasteiger partial charge in [0.2, 0.25) is 5.91 Å². The maximum Gasteiger partial charge on any atom is 0.236 e. The molecule has 2 aromatic carbocycles. The third-order valence-electron chi connectivity index (χ3n) is 4.87. The Labute approximate surface area is 206 Å². The molecule has 0 saturated heterocycles. The number of para-hydroxylation sites is 1. The van der Waals surface area contributed by atoms with Crippen molar-refractivity contribution in [2.75, 3.05) is 11.1 Å². The van der Waals surface area contributed by atoms with Gasteiger partial charge in [-0.05, 0) is 48.5 Å². The number of nitrogens with zero attached hydrogens (tertiary/aromatic N) is 5. The van der Waals surface area contributed by atoms with Crippen molar-refractivity contribution in [2.45, 2.75) is 5.16 Å². The molecule has 0 aliphatic heterocycles. The summed E-state index contributed by atoms with van der Waals surface area (Å²) in [6, 6.07) is 15.8. The summed E-state index contributed by atoms with van der Waals surface area (Å²) in [7, 11) is 0. The predicted octanol–water partition coefficient (Wildman–Crippen LogP) is 5.46. The van der Waals surface area contributed by atoms with Crippen LogP contribution in [-0.2, 0) is 4.79 Å². The Balaban J connectivity index is 1.34. The zero-order valence-electron chi connectivity index (χ0n) is 17.9. The molecular formula is C24H16F2N6OS2. The highest BCUT2D eigenvalue weighted by Crippen LogP contribution is 2.29. The Morgan fingerprint density at radius 3 is 2.60 bits per heavy atom. The van der Waals surface area contributed by atoms with Crippen molar-refractivity contribution in [3.8, 4) is 28.3 Å². The number of carbonyl (C=O) groups excluding carboxylic acids is 1. The fraction of sp³-hybridized carbons (Fsp3) is 0.0417. The summed E-state index contributed by atoms with van der Waals surface area (Å²) < 4.78 is 29.4. The van der Waals surface area contributed by atoms with Gasteiger partial charge in [0.15, 0.2) is 16.1 Å². The molecular weight excluding hydrogens is 490 g/mol. The molecule has 0 radical (unpaired) electrons. The fourth-order valence-corrected chi connectivity index (χ4v) is 4.75. The maximum absolute atomic E-state index is 14.7. The lowest BCUT2D eigenvalue weighted by Gasteiger charge is -2.11. The zero-order chi connectivity index (χ0) is 24.2. The van der Waals surface area contributed by atoms with E-state index in [0.717, 1.165) is 17.3 Å². The lowest BCUT2D eigenvalue weighted by molar-refractivity contribution is -0.113. The molecule has 0 atom stereocenters. The molecule has 5 aromatic rings. The molecule has 0 aliphatic rings. The Hall–Kier alpha value is -3.96. The summed E-state index contributed by atoms with van der Waals surface area (Å²) in [4.78, 5) is 21.1. The van der Waals surface area contributed by atoms with E-state index in [9.17, 15) is 13.6 Å². The van der Waals surface area contributed by atoms with E-state index in [1.54, 1.807) is 64.8 Å². The maximum atomic E-state index is 14.7. The van der Waals surface area contributed by atoms with Crippen molar-refractivity contribution in [2.24, 2.45) is 0 Å². The molecule has 11 heteroatoms. The first-order valence-corrected chi connectivity index (χ1v) is 12.2. The highest BCUT2D eigenvalue weighted by Gasteiger charge is 2.20. The Bertz CT molecular complexity index is 1470. The van der Waals surface area contributed by atoms with Crippen LogP contribution >= 0.6 is 23.1 Å². The lowest BCUT2D eigenvalue weighted by Crippen LogP contribution is -2.14. The first kappa shape index (κ1) is 22.8. The van der Waals surface area contributed by atoms with E-state index in [0.29, 0.717) is 27.4 Å². The zero-order valence-corrected chi connectivity index (χ0v) is 19.6. The van der Waals surface area contributed by atoms with Gasteiger partial charge in [-0.3, -0.25) is 14.3 Å². The summed E-state index contributed by atoms with van der Waals surface area (Å²) >= 11 is 2.39. The second kappa shape index (κ2) is 10.1. The monoisotopic (exact) mass is 506 g/mol. The summed E-state index contributed by atoms with van der Waals surface area (Å²) in [6.07, 6.45) is 3.25. The standard InChI is InChI=1S/C24H16F2N6OS2/c25-17-9-7-15(8-10-17)19-13-34-23(28-19)29-21(33)14-35-24-31-30-22(16-4-3-11-27-12-16)32(24)20-6-2-1-5-18(20)26/h1-13H,14H2,(H,28,29,33). The number of benzene rings is 2. The highest BCUT2D eigenvalue weighted by atomic mass is 32.2. The van der Waals surface area contributed by atoms with Crippen molar-refractivity contribution in [3.63, 3.8) is 0 Å². The molecule has 3 heterocycles. The first-order chi connectivity index (χ1) is 17.1. The molecule has 7 nitrogen and oxygen atoms in total. The second-order valence-corrected chi connectivity index (χ2v) is 9.02. The number of pyridine rings is 1. The van der Waals surface area contributed by atoms with Crippen LogP contribution in [0.15, 0.2) is 83.6 Å². The second-order valence-electron chi connectivity index (χ2n) is 7.22. The van der Waals surface area contributed by atoms with Gasteiger partial charge < -0.3 is 5.32 Å². The minimum atomic E-state index is -0.445. The van der Waals surface area contributed by atoms with Gasteiger partial charge in [0.05, 0.1) is 17.1 Å². The molecule has 1 N–H and O–H groups in total. The van der Waals surface area contributed by atoms with E-state index >= 15 is 0 Å². The molecule has 0 unspecified atom stereocenters. The van der Waals surface area contributed by atoms with Crippen LogP contribution in [0.1, 0.15) is 0 Å².